The highest BCUT2D eigenvalue weighted by atomic mass is 32.1. The van der Waals surface area contributed by atoms with Crippen LogP contribution in [0.3, 0.4) is 0 Å². The van der Waals surface area contributed by atoms with Gasteiger partial charge in [-0.1, -0.05) is 42.5 Å². The van der Waals surface area contributed by atoms with Gasteiger partial charge in [0.05, 0.1) is 4.88 Å². The van der Waals surface area contributed by atoms with E-state index in [2.05, 4.69) is 30.3 Å². The van der Waals surface area contributed by atoms with Crippen LogP contribution in [-0.2, 0) is 19.3 Å². The van der Waals surface area contributed by atoms with E-state index < -0.39 is 0 Å². The molecule has 2 heteroatoms. The third-order valence-electron chi connectivity index (χ3n) is 4.25. The Bertz CT molecular complexity index is 802. The molecule has 21 heavy (non-hydrogen) atoms. The summed E-state index contributed by atoms with van der Waals surface area (Å²) in [5, 5.41) is 2.40. The molecule has 0 spiro atoms. The Hall–Kier alpha value is -1.93. The Kier molecular flexibility index (Phi) is 3.12. The second-order valence-electron chi connectivity index (χ2n) is 5.65. The van der Waals surface area contributed by atoms with Crippen molar-refractivity contribution in [3.05, 3.63) is 69.4 Å². The van der Waals surface area contributed by atoms with Crippen LogP contribution in [0.25, 0.3) is 10.8 Å². The molecule has 0 bridgehead atoms. The summed E-state index contributed by atoms with van der Waals surface area (Å²) in [6.45, 7) is 0. The van der Waals surface area contributed by atoms with E-state index in [0.717, 1.165) is 23.3 Å². The summed E-state index contributed by atoms with van der Waals surface area (Å²) < 4.78 is 0. The van der Waals surface area contributed by atoms with Crippen molar-refractivity contribution in [2.75, 3.05) is 0 Å². The molecular weight excluding hydrogens is 276 g/mol. The molecule has 4 rings (SSSR count). The van der Waals surface area contributed by atoms with Crippen molar-refractivity contribution in [3.8, 4) is 0 Å². The lowest BCUT2D eigenvalue weighted by molar-refractivity contribution is 0.0997. The van der Waals surface area contributed by atoms with Gasteiger partial charge >= 0.3 is 0 Å². The Balaban J connectivity index is 1.66. The molecule has 0 amide bonds. The lowest BCUT2D eigenvalue weighted by Crippen LogP contribution is -2.02. The Morgan fingerprint density at radius 3 is 2.81 bits per heavy atom. The van der Waals surface area contributed by atoms with Gasteiger partial charge in [-0.25, -0.2) is 0 Å². The van der Waals surface area contributed by atoms with Gasteiger partial charge in [0.2, 0.25) is 0 Å². The van der Waals surface area contributed by atoms with Crippen molar-refractivity contribution in [3.63, 3.8) is 0 Å². The van der Waals surface area contributed by atoms with Crippen LogP contribution in [-0.4, -0.2) is 5.78 Å². The lowest BCUT2D eigenvalue weighted by atomic mass is 10.00. The molecular formula is C19H16OS. The van der Waals surface area contributed by atoms with Gasteiger partial charge in [0.15, 0.2) is 5.78 Å². The molecule has 2 aromatic carbocycles. The normalized spacial score (nSPS) is 13.5. The van der Waals surface area contributed by atoms with Crippen molar-refractivity contribution in [1.29, 1.82) is 0 Å². The Morgan fingerprint density at radius 2 is 1.90 bits per heavy atom. The zero-order chi connectivity index (χ0) is 14.2. The first-order valence-corrected chi connectivity index (χ1v) is 8.24. The summed E-state index contributed by atoms with van der Waals surface area (Å²) in [5.74, 6) is 0.255. The summed E-state index contributed by atoms with van der Waals surface area (Å²) in [6, 6.07) is 16.6. The zero-order valence-electron chi connectivity index (χ0n) is 11.8. The Labute approximate surface area is 128 Å². The maximum absolute atomic E-state index is 12.6. The highest BCUT2D eigenvalue weighted by molar-refractivity contribution is 7.14. The fourth-order valence-corrected chi connectivity index (χ4v) is 4.36. The molecule has 1 aliphatic rings. The first-order valence-electron chi connectivity index (χ1n) is 7.43. The number of rotatable bonds is 3. The van der Waals surface area contributed by atoms with Gasteiger partial charge in [0, 0.05) is 11.3 Å². The minimum atomic E-state index is 0.255. The number of Topliss-reactive ketones (excluding diaryl/α,β-unsaturated/α-hetero) is 1. The number of carbonyl (C=O) groups is 1. The van der Waals surface area contributed by atoms with Gasteiger partial charge in [-0.3, -0.25) is 4.79 Å². The van der Waals surface area contributed by atoms with Crippen LogP contribution in [0.15, 0.2) is 48.5 Å². The van der Waals surface area contributed by atoms with Crippen LogP contribution in [0.1, 0.15) is 32.1 Å². The molecule has 1 aromatic heterocycles. The zero-order valence-corrected chi connectivity index (χ0v) is 12.6. The molecule has 0 saturated carbocycles. The Morgan fingerprint density at radius 1 is 1.05 bits per heavy atom. The van der Waals surface area contributed by atoms with E-state index in [1.807, 2.05) is 18.2 Å². The highest BCUT2D eigenvalue weighted by Gasteiger charge is 2.18. The molecule has 1 heterocycles. The molecule has 1 nitrogen and oxygen atoms in total. The number of aryl methyl sites for hydroxylation is 2. The van der Waals surface area contributed by atoms with Crippen molar-refractivity contribution in [2.45, 2.75) is 25.7 Å². The third-order valence-corrected chi connectivity index (χ3v) is 5.53. The fourth-order valence-electron chi connectivity index (χ4n) is 3.17. The number of carbonyl (C=O) groups excluding carboxylic acids is 1. The van der Waals surface area contributed by atoms with Gasteiger partial charge < -0.3 is 0 Å². The number of thiophene rings is 1. The maximum Gasteiger partial charge on any atom is 0.177 e. The summed E-state index contributed by atoms with van der Waals surface area (Å²) >= 11 is 1.71. The SMILES string of the molecule is O=C(Cc1cccc2ccccc12)c1cc2c(s1)CCC2. The molecule has 3 aromatic rings. The van der Waals surface area contributed by atoms with E-state index >= 15 is 0 Å². The highest BCUT2D eigenvalue weighted by Crippen LogP contribution is 2.31. The van der Waals surface area contributed by atoms with E-state index in [1.54, 1.807) is 11.3 Å². The van der Waals surface area contributed by atoms with Crippen molar-refractivity contribution in [1.82, 2.24) is 0 Å². The molecule has 104 valence electrons. The van der Waals surface area contributed by atoms with Crippen molar-refractivity contribution in [2.24, 2.45) is 0 Å². The van der Waals surface area contributed by atoms with Crippen LogP contribution < -0.4 is 0 Å². The molecule has 0 saturated heterocycles. The molecule has 0 unspecified atom stereocenters. The lowest BCUT2D eigenvalue weighted by Gasteiger charge is -2.05. The third kappa shape index (κ3) is 2.30. The predicted molar refractivity (Wildman–Crippen MR) is 88.3 cm³/mol. The van der Waals surface area contributed by atoms with Crippen LogP contribution in [0, 0.1) is 0 Å². The van der Waals surface area contributed by atoms with Crippen LogP contribution in [0.2, 0.25) is 0 Å². The number of hydrogen-bond acceptors (Lipinski definition) is 2. The molecule has 0 atom stereocenters. The van der Waals surface area contributed by atoms with E-state index in [-0.39, 0.29) is 5.78 Å². The average Bonchev–Trinajstić information content (AvgIpc) is 3.09. The van der Waals surface area contributed by atoms with Gasteiger partial charge in [0.25, 0.3) is 0 Å². The standard InChI is InChI=1S/C19H16OS/c20-17(19-12-15-8-4-10-18(15)21-19)11-14-7-3-6-13-5-1-2-9-16(13)14/h1-3,5-7,9,12H,4,8,10-11H2. The van der Waals surface area contributed by atoms with Crippen molar-refractivity contribution >= 4 is 27.9 Å². The van der Waals surface area contributed by atoms with Crippen LogP contribution in [0.4, 0.5) is 0 Å². The second-order valence-corrected chi connectivity index (χ2v) is 6.79. The van der Waals surface area contributed by atoms with Crippen LogP contribution >= 0.6 is 11.3 Å². The van der Waals surface area contributed by atoms with E-state index in [1.165, 1.54) is 27.6 Å². The predicted octanol–water partition coefficient (Wildman–Crippen LogP) is 4.82. The van der Waals surface area contributed by atoms with E-state index in [4.69, 9.17) is 0 Å². The van der Waals surface area contributed by atoms with Gasteiger partial charge in [-0.05, 0) is 47.2 Å². The van der Waals surface area contributed by atoms with Crippen LogP contribution in [0.5, 0.6) is 0 Å². The first kappa shape index (κ1) is 12.8. The maximum atomic E-state index is 12.6. The topological polar surface area (TPSA) is 17.1 Å². The molecule has 0 aliphatic heterocycles. The molecule has 0 N–H and O–H groups in total. The van der Waals surface area contributed by atoms with Crippen molar-refractivity contribution < 1.29 is 4.79 Å². The fraction of sp³-hybridized carbons (Fsp3) is 0.211. The second kappa shape index (κ2) is 5.12. The number of hydrogen-bond donors (Lipinski definition) is 0. The summed E-state index contributed by atoms with van der Waals surface area (Å²) in [6.07, 6.45) is 4.05. The molecule has 0 fully saturated rings. The smallest absolute Gasteiger partial charge is 0.177 e. The number of ketones is 1. The quantitative estimate of drug-likeness (QED) is 0.633. The minimum Gasteiger partial charge on any atom is -0.293 e. The summed E-state index contributed by atoms with van der Waals surface area (Å²) in [7, 11) is 0. The molecule has 0 radical (unpaired) electrons. The number of fused-ring (bicyclic) bond motifs is 2. The number of benzene rings is 2. The first-order chi connectivity index (χ1) is 10.3. The minimum absolute atomic E-state index is 0.255. The summed E-state index contributed by atoms with van der Waals surface area (Å²) in [4.78, 5) is 14.9. The van der Waals surface area contributed by atoms with E-state index in [9.17, 15) is 4.79 Å². The van der Waals surface area contributed by atoms with Gasteiger partial charge in [-0.2, -0.15) is 0 Å². The largest absolute Gasteiger partial charge is 0.293 e. The van der Waals surface area contributed by atoms with E-state index in [0.29, 0.717) is 6.42 Å². The van der Waals surface area contributed by atoms with Gasteiger partial charge in [0.1, 0.15) is 0 Å². The summed E-state index contributed by atoms with van der Waals surface area (Å²) in [5.41, 5.74) is 2.54. The van der Waals surface area contributed by atoms with Gasteiger partial charge in [-0.15, -0.1) is 11.3 Å². The monoisotopic (exact) mass is 292 g/mol. The average molecular weight is 292 g/mol. The molecule has 1 aliphatic carbocycles.